The van der Waals surface area contributed by atoms with Gasteiger partial charge in [-0.25, -0.2) is 9.50 Å². The van der Waals surface area contributed by atoms with Crippen molar-refractivity contribution >= 4 is 11.3 Å². The maximum atomic E-state index is 9.23. The molecule has 1 aliphatic heterocycles. The molecule has 0 amide bonds. The van der Waals surface area contributed by atoms with Crippen molar-refractivity contribution in [3.63, 3.8) is 0 Å². The summed E-state index contributed by atoms with van der Waals surface area (Å²) in [6.07, 6.45) is 2.77. The number of anilines is 1. The van der Waals surface area contributed by atoms with Gasteiger partial charge in [0.15, 0.2) is 5.82 Å². The van der Waals surface area contributed by atoms with Gasteiger partial charge in [-0.15, -0.1) is 0 Å². The molecule has 3 rings (SSSR count). The third-order valence-electron chi connectivity index (χ3n) is 3.74. The van der Waals surface area contributed by atoms with Crippen LogP contribution in [0.1, 0.15) is 18.5 Å². The highest BCUT2D eigenvalue weighted by Crippen LogP contribution is 2.39. The fourth-order valence-corrected chi connectivity index (χ4v) is 2.70. The van der Waals surface area contributed by atoms with Crippen molar-refractivity contribution in [3.05, 3.63) is 24.2 Å². The van der Waals surface area contributed by atoms with Crippen molar-refractivity contribution in [1.29, 1.82) is 0 Å². The number of aliphatic hydroxyl groups is 1. The fourth-order valence-electron chi connectivity index (χ4n) is 2.70. The number of hydrogen-bond acceptors (Lipinski definition) is 6. The number of aromatic nitrogens is 3. The average Bonchev–Trinajstić information content (AvgIpc) is 3.03. The van der Waals surface area contributed by atoms with Crippen molar-refractivity contribution in [2.75, 3.05) is 18.9 Å². The summed E-state index contributed by atoms with van der Waals surface area (Å²) < 4.78 is 7.66. The molecule has 0 radical (unpaired) electrons. The molecular formula is C12H17N5O2. The number of nitrogen functional groups attached to an aromatic ring is 1. The summed E-state index contributed by atoms with van der Waals surface area (Å²) in [7, 11) is 0. The van der Waals surface area contributed by atoms with Crippen LogP contribution in [0.4, 0.5) is 5.82 Å². The SMILES string of the molecule is NCC1(c2ccc3c(N)ncnn23)CCC(CO)O1. The van der Waals surface area contributed by atoms with Crippen molar-refractivity contribution in [1.82, 2.24) is 14.6 Å². The summed E-state index contributed by atoms with van der Waals surface area (Å²) in [5, 5.41) is 13.4. The monoisotopic (exact) mass is 263 g/mol. The highest BCUT2D eigenvalue weighted by Gasteiger charge is 2.42. The van der Waals surface area contributed by atoms with Gasteiger partial charge in [-0.2, -0.15) is 5.10 Å². The van der Waals surface area contributed by atoms with Crippen LogP contribution in [-0.2, 0) is 10.3 Å². The van der Waals surface area contributed by atoms with E-state index in [1.807, 2.05) is 12.1 Å². The molecule has 5 N–H and O–H groups in total. The maximum absolute atomic E-state index is 9.23. The molecule has 0 aromatic carbocycles. The zero-order chi connectivity index (χ0) is 13.5. The van der Waals surface area contributed by atoms with Gasteiger partial charge in [0.1, 0.15) is 17.4 Å². The van der Waals surface area contributed by atoms with E-state index in [-0.39, 0.29) is 12.7 Å². The predicted octanol–water partition coefficient (Wildman–Crippen LogP) is -0.363. The van der Waals surface area contributed by atoms with Crippen LogP contribution in [0.2, 0.25) is 0 Å². The molecule has 7 heteroatoms. The smallest absolute Gasteiger partial charge is 0.151 e. The van der Waals surface area contributed by atoms with Gasteiger partial charge in [0.25, 0.3) is 0 Å². The van der Waals surface area contributed by atoms with Gasteiger partial charge < -0.3 is 21.3 Å². The summed E-state index contributed by atoms with van der Waals surface area (Å²) in [4.78, 5) is 3.96. The van der Waals surface area contributed by atoms with Gasteiger partial charge in [-0.3, -0.25) is 0 Å². The summed E-state index contributed by atoms with van der Waals surface area (Å²) >= 11 is 0. The van der Waals surface area contributed by atoms with Gasteiger partial charge in [-0.1, -0.05) is 0 Å². The molecular weight excluding hydrogens is 246 g/mol. The van der Waals surface area contributed by atoms with Gasteiger partial charge in [0.2, 0.25) is 0 Å². The van der Waals surface area contributed by atoms with Crippen molar-refractivity contribution < 1.29 is 9.84 Å². The number of ether oxygens (including phenoxy) is 1. The molecule has 0 bridgehead atoms. The summed E-state index contributed by atoms with van der Waals surface area (Å²) in [5.41, 5.74) is 12.7. The minimum absolute atomic E-state index is 0.00216. The van der Waals surface area contributed by atoms with Crippen LogP contribution in [-0.4, -0.2) is 39.0 Å². The number of rotatable bonds is 3. The molecule has 19 heavy (non-hydrogen) atoms. The Labute approximate surface area is 110 Å². The Morgan fingerprint density at radius 2 is 2.37 bits per heavy atom. The van der Waals surface area contributed by atoms with Crippen LogP contribution >= 0.6 is 0 Å². The van der Waals surface area contributed by atoms with E-state index in [1.165, 1.54) is 6.33 Å². The Balaban J connectivity index is 2.10. The predicted molar refractivity (Wildman–Crippen MR) is 69.3 cm³/mol. The first kappa shape index (κ1) is 12.3. The molecule has 2 aromatic rings. The third-order valence-corrected chi connectivity index (χ3v) is 3.74. The number of fused-ring (bicyclic) bond motifs is 1. The van der Waals surface area contributed by atoms with E-state index in [9.17, 15) is 5.11 Å². The van der Waals surface area contributed by atoms with Gasteiger partial charge in [0, 0.05) is 6.54 Å². The standard InChI is InChI=1S/C12H17N5O2/c13-6-12(4-3-8(5-18)19-12)10-2-1-9-11(14)15-7-16-17(9)10/h1-2,7-8,18H,3-6,13H2,(H2,14,15,16). The van der Waals surface area contributed by atoms with Crippen LogP contribution < -0.4 is 11.5 Å². The number of hydrogen-bond donors (Lipinski definition) is 3. The van der Waals surface area contributed by atoms with E-state index in [2.05, 4.69) is 10.1 Å². The van der Waals surface area contributed by atoms with E-state index in [0.717, 1.165) is 24.1 Å². The third kappa shape index (κ3) is 1.78. The quantitative estimate of drug-likeness (QED) is 0.697. The highest BCUT2D eigenvalue weighted by molar-refractivity contribution is 5.65. The lowest BCUT2D eigenvalue weighted by Gasteiger charge is -2.27. The summed E-state index contributed by atoms with van der Waals surface area (Å²) in [5.74, 6) is 0.421. The molecule has 1 saturated heterocycles. The molecule has 1 fully saturated rings. The lowest BCUT2D eigenvalue weighted by molar-refractivity contribution is -0.0609. The zero-order valence-electron chi connectivity index (χ0n) is 10.5. The lowest BCUT2D eigenvalue weighted by atomic mass is 9.96. The Morgan fingerprint density at radius 1 is 1.53 bits per heavy atom. The Kier molecular flexibility index (Phi) is 2.89. The first-order chi connectivity index (χ1) is 9.20. The molecule has 0 spiro atoms. The van der Waals surface area contributed by atoms with Crippen LogP contribution in [0, 0.1) is 0 Å². The van der Waals surface area contributed by atoms with Crippen LogP contribution in [0.5, 0.6) is 0 Å². The zero-order valence-corrected chi connectivity index (χ0v) is 10.5. The molecule has 2 aromatic heterocycles. The fraction of sp³-hybridized carbons (Fsp3) is 0.500. The first-order valence-corrected chi connectivity index (χ1v) is 6.27. The lowest BCUT2D eigenvalue weighted by Crippen LogP contribution is -2.37. The average molecular weight is 263 g/mol. The molecule has 0 aliphatic carbocycles. The topological polar surface area (TPSA) is 112 Å². The van der Waals surface area contributed by atoms with Gasteiger partial charge in [0.05, 0.1) is 18.4 Å². The van der Waals surface area contributed by atoms with Crippen molar-refractivity contribution in [2.24, 2.45) is 5.73 Å². The highest BCUT2D eigenvalue weighted by atomic mass is 16.5. The normalized spacial score (nSPS) is 27.2. The van der Waals surface area contributed by atoms with Crippen molar-refractivity contribution in [2.45, 2.75) is 24.5 Å². The Morgan fingerprint density at radius 3 is 3.05 bits per heavy atom. The Hall–Kier alpha value is -1.70. The van der Waals surface area contributed by atoms with Crippen molar-refractivity contribution in [3.8, 4) is 0 Å². The molecule has 102 valence electrons. The number of aliphatic hydroxyl groups excluding tert-OH is 1. The minimum Gasteiger partial charge on any atom is -0.394 e. The van der Waals surface area contributed by atoms with Gasteiger partial charge in [-0.05, 0) is 25.0 Å². The van der Waals surface area contributed by atoms with E-state index >= 15 is 0 Å². The maximum Gasteiger partial charge on any atom is 0.151 e. The van der Waals surface area contributed by atoms with Crippen LogP contribution in [0.3, 0.4) is 0 Å². The molecule has 7 nitrogen and oxygen atoms in total. The second-order valence-electron chi connectivity index (χ2n) is 4.82. The van der Waals surface area contributed by atoms with Crippen LogP contribution in [0.15, 0.2) is 18.5 Å². The molecule has 1 aliphatic rings. The number of nitrogens with zero attached hydrogens (tertiary/aromatic N) is 3. The van der Waals surface area contributed by atoms with E-state index in [1.54, 1.807) is 4.52 Å². The van der Waals surface area contributed by atoms with Crippen LogP contribution in [0.25, 0.3) is 5.52 Å². The largest absolute Gasteiger partial charge is 0.394 e. The second kappa shape index (κ2) is 4.44. The molecule has 0 saturated carbocycles. The van der Waals surface area contributed by atoms with E-state index < -0.39 is 5.60 Å². The van der Waals surface area contributed by atoms with E-state index in [0.29, 0.717) is 12.4 Å². The molecule has 2 unspecified atom stereocenters. The second-order valence-corrected chi connectivity index (χ2v) is 4.82. The van der Waals surface area contributed by atoms with Gasteiger partial charge >= 0.3 is 0 Å². The first-order valence-electron chi connectivity index (χ1n) is 6.27. The van der Waals surface area contributed by atoms with E-state index in [4.69, 9.17) is 16.2 Å². The molecule has 2 atom stereocenters. The number of nitrogens with two attached hydrogens (primary N) is 2. The summed E-state index contributed by atoms with van der Waals surface area (Å²) in [6.45, 7) is 0.335. The summed E-state index contributed by atoms with van der Waals surface area (Å²) in [6, 6.07) is 3.77. The molecule has 3 heterocycles. The minimum atomic E-state index is -0.611. The Bertz CT molecular complexity index is 599.